The Morgan fingerprint density at radius 3 is 2.37 bits per heavy atom. The molecule has 30 heavy (non-hydrogen) atoms. The van der Waals surface area contributed by atoms with Gasteiger partial charge in [0.2, 0.25) is 5.91 Å². The van der Waals surface area contributed by atoms with E-state index in [4.69, 9.17) is 16.3 Å². The van der Waals surface area contributed by atoms with Crippen molar-refractivity contribution >= 4 is 57.7 Å². The summed E-state index contributed by atoms with van der Waals surface area (Å²) in [7, 11) is 1.47. The van der Waals surface area contributed by atoms with Gasteiger partial charge < -0.3 is 20.7 Å². The molecule has 3 amide bonds. The molecule has 3 aromatic rings. The highest BCUT2D eigenvalue weighted by Crippen LogP contribution is 2.30. The van der Waals surface area contributed by atoms with Crippen LogP contribution >= 0.6 is 22.9 Å². The molecule has 0 spiro atoms. The highest BCUT2D eigenvalue weighted by molar-refractivity contribution is 7.12. The number of carbonyl (C=O) groups is 3. The normalized spacial score (nSPS) is 10.2. The Morgan fingerprint density at radius 2 is 1.70 bits per heavy atom. The van der Waals surface area contributed by atoms with E-state index >= 15 is 0 Å². The summed E-state index contributed by atoms with van der Waals surface area (Å²) in [5, 5.41) is 10.3. The largest absolute Gasteiger partial charge is 0.495 e. The second-order valence-electron chi connectivity index (χ2n) is 6.17. The summed E-state index contributed by atoms with van der Waals surface area (Å²) in [5.74, 6) is -0.651. The Balaban J connectivity index is 1.88. The fraction of sp³-hybridized carbons (Fsp3) is 0.0952. The molecule has 0 radical (unpaired) electrons. The van der Waals surface area contributed by atoms with E-state index in [9.17, 15) is 14.4 Å². The van der Waals surface area contributed by atoms with Gasteiger partial charge in [-0.3, -0.25) is 14.4 Å². The number of amides is 3. The van der Waals surface area contributed by atoms with Gasteiger partial charge in [-0.05, 0) is 47.8 Å². The number of benzene rings is 2. The van der Waals surface area contributed by atoms with Crippen LogP contribution in [-0.2, 0) is 4.79 Å². The first kappa shape index (κ1) is 21.4. The van der Waals surface area contributed by atoms with Crippen molar-refractivity contribution in [3.8, 4) is 5.75 Å². The fourth-order valence-corrected chi connectivity index (χ4v) is 3.48. The monoisotopic (exact) mass is 443 g/mol. The summed E-state index contributed by atoms with van der Waals surface area (Å²) in [6, 6.07) is 12.9. The number of nitrogens with one attached hydrogen (secondary N) is 3. The minimum atomic E-state index is -0.480. The first-order valence-electron chi connectivity index (χ1n) is 8.78. The van der Waals surface area contributed by atoms with Gasteiger partial charge in [0.1, 0.15) is 5.75 Å². The molecule has 9 heteroatoms. The molecule has 7 nitrogen and oxygen atoms in total. The minimum Gasteiger partial charge on any atom is -0.495 e. The first-order valence-corrected chi connectivity index (χ1v) is 10.0. The lowest BCUT2D eigenvalue weighted by atomic mass is 10.1. The summed E-state index contributed by atoms with van der Waals surface area (Å²) in [6.45, 7) is 1.39. The van der Waals surface area contributed by atoms with Crippen LogP contribution in [0.4, 0.5) is 17.1 Å². The molecule has 2 aromatic carbocycles. The molecule has 1 aromatic heterocycles. The molecule has 154 valence electrons. The lowest BCUT2D eigenvalue weighted by molar-refractivity contribution is -0.114. The molecular weight excluding hydrogens is 426 g/mol. The molecule has 0 saturated carbocycles. The minimum absolute atomic E-state index is 0.219. The van der Waals surface area contributed by atoms with Crippen molar-refractivity contribution < 1.29 is 19.1 Å². The lowest BCUT2D eigenvalue weighted by Crippen LogP contribution is -2.18. The van der Waals surface area contributed by atoms with Gasteiger partial charge in [0.25, 0.3) is 11.8 Å². The Labute approximate surface area is 182 Å². The molecular formula is C21H18ClN3O4S. The van der Waals surface area contributed by atoms with Gasteiger partial charge in [-0.15, -0.1) is 11.3 Å². The average molecular weight is 444 g/mol. The number of methoxy groups -OCH3 is 1. The Hall–Kier alpha value is -3.36. The molecule has 0 unspecified atom stereocenters. The van der Waals surface area contributed by atoms with E-state index in [0.29, 0.717) is 27.0 Å². The number of hydrogen-bond acceptors (Lipinski definition) is 5. The predicted octanol–water partition coefficient (Wildman–Crippen LogP) is 4.87. The van der Waals surface area contributed by atoms with Gasteiger partial charge in [0.05, 0.1) is 28.9 Å². The third-order valence-corrected chi connectivity index (χ3v) is 5.09. The van der Waals surface area contributed by atoms with Crippen LogP contribution in [0.2, 0.25) is 5.02 Å². The summed E-state index contributed by atoms with van der Waals surface area (Å²) in [4.78, 5) is 37.2. The summed E-state index contributed by atoms with van der Waals surface area (Å²) >= 11 is 7.35. The average Bonchev–Trinajstić information content (AvgIpc) is 3.23. The predicted molar refractivity (Wildman–Crippen MR) is 119 cm³/mol. The third kappa shape index (κ3) is 5.16. The molecule has 0 aliphatic carbocycles. The SMILES string of the molecule is COc1ccc(NC(C)=O)cc1NC(=O)c1ccc(Cl)cc1NC(=O)c1cccs1. The van der Waals surface area contributed by atoms with Gasteiger partial charge in [-0.25, -0.2) is 0 Å². The van der Waals surface area contributed by atoms with Crippen molar-refractivity contribution in [1.29, 1.82) is 0 Å². The van der Waals surface area contributed by atoms with Crippen LogP contribution in [0.5, 0.6) is 5.75 Å². The van der Waals surface area contributed by atoms with Crippen molar-refractivity contribution in [1.82, 2.24) is 0 Å². The van der Waals surface area contributed by atoms with Crippen molar-refractivity contribution in [2.45, 2.75) is 6.92 Å². The standard InChI is InChI=1S/C21H18ClN3O4S/c1-12(26)23-14-6-8-18(29-2)17(11-14)25-20(27)15-7-5-13(22)10-16(15)24-21(28)19-4-3-9-30-19/h3-11H,1-2H3,(H,23,26)(H,24,28)(H,25,27). The van der Waals surface area contributed by atoms with Gasteiger partial charge in [0.15, 0.2) is 0 Å². The van der Waals surface area contributed by atoms with Crippen molar-refractivity contribution in [2.75, 3.05) is 23.1 Å². The number of carbonyl (C=O) groups excluding carboxylic acids is 3. The maximum absolute atomic E-state index is 13.0. The van der Waals surface area contributed by atoms with E-state index in [2.05, 4.69) is 16.0 Å². The Bertz CT molecular complexity index is 1100. The van der Waals surface area contributed by atoms with Crippen LogP contribution in [0.15, 0.2) is 53.9 Å². The van der Waals surface area contributed by atoms with Crippen molar-refractivity contribution in [2.24, 2.45) is 0 Å². The molecule has 3 rings (SSSR count). The highest BCUT2D eigenvalue weighted by atomic mass is 35.5. The summed E-state index contributed by atoms with van der Waals surface area (Å²) < 4.78 is 5.29. The Kier molecular flexibility index (Phi) is 6.71. The van der Waals surface area contributed by atoms with Crippen LogP contribution in [0.1, 0.15) is 27.0 Å². The van der Waals surface area contributed by atoms with Gasteiger partial charge in [0, 0.05) is 17.6 Å². The zero-order valence-corrected chi connectivity index (χ0v) is 17.7. The zero-order valence-electron chi connectivity index (χ0n) is 16.1. The number of thiophene rings is 1. The smallest absolute Gasteiger partial charge is 0.265 e. The van der Waals surface area contributed by atoms with Crippen LogP contribution < -0.4 is 20.7 Å². The third-order valence-electron chi connectivity index (χ3n) is 3.99. The van der Waals surface area contributed by atoms with E-state index in [1.807, 2.05) is 0 Å². The first-order chi connectivity index (χ1) is 14.4. The number of hydrogen-bond donors (Lipinski definition) is 3. The van der Waals surface area contributed by atoms with Gasteiger partial charge in [-0.1, -0.05) is 17.7 Å². The molecule has 0 aliphatic rings. The molecule has 0 saturated heterocycles. The van der Waals surface area contributed by atoms with E-state index < -0.39 is 5.91 Å². The number of ether oxygens (including phenoxy) is 1. The number of rotatable bonds is 6. The lowest BCUT2D eigenvalue weighted by Gasteiger charge is -2.15. The van der Waals surface area contributed by atoms with Crippen molar-refractivity contribution in [3.05, 3.63) is 69.4 Å². The molecule has 1 heterocycles. The fourth-order valence-electron chi connectivity index (χ4n) is 2.69. The topological polar surface area (TPSA) is 96.5 Å². The molecule has 0 aliphatic heterocycles. The second-order valence-corrected chi connectivity index (χ2v) is 7.56. The second kappa shape index (κ2) is 9.43. The van der Waals surface area contributed by atoms with E-state index in [1.165, 1.54) is 37.5 Å². The molecule has 0 fully saturated rings. The van der Waals surface area contributed by atoms with Crippen molar-refractivity contribution in [3.63, 3.8) is 0 Å². The maximum Gasteiger partial charge on any atom is 0.265 e. The molecule has 3 N–H and O–H groups in total. The highest BCUT2D eigenvalue weighted by Gasteiger charge is 2.17. The van der Waals surface area contributed by atoms with Crippen LogP contribution in [0.3, 0.4) is 0 Å². The summed E-state index contributed by atoms with van der Waals surface area (Å²) in [6.07, 6.45) is 0. The van der Waals surface area contributed by atoms with Gasteiger partial charge in [-0.2, -0.15) is 0 Å². The molecule has 0 bridgehead atoms. The van der Waals surface area contributed by atoms with E-state index in [-0.39, 0.29) is 23.1 Å². The van der Waals surface area contributed by atoms with Gasteiger partial charge >= 0.3 is 0 Å². The quantitative estimate of drug-likeness (QED) is 0.506. The van der Waals surface area contributed by atoms with E-state index in [0.717, 1.165) is 0 Å². The van der Waals surface area contributed by atoms with Crippen LogP contribution in [-0.4, -0.2) is 24.8 Å². The Morgan fingerprint density at radius 1 is 0.933 bits per heavy atom. The summed E-state index contributed by atoms with van der Waals surface area (Å²) in [5.41, 5.74) is 1.35. The number of anilines is 3. The maximum atomic E-state index is 13.0. The van der Waals surface area contributed by atoms with E-state index in [1.54, 1.807) is 41.8 Å². The zero-order chi connectivity index (χ0) is 21.7. The number of halogens is 1. The molecule has 0 atom stereocenters. The van der Waals surface area contributed by atoms with Crippen LogP contribution in [0, 0.1) is 0 Å². The van der Waals surface area contributed by atoms with Crippen LogP contribution in [0.25, 0.3) is 0 Å².